The minimum absolute atomic E-state index is 0.622. The molecule has 17 aromatic carbocycles. The fourth-order valence-corrected chi connectivity index (χ4v) is 17.9. The summed E-state index contributed by atoms with van der Waals surface area (Å²) < 4.78 is 11.0. The third-order valence-corrected chi connectivity index (χ3v) is 24.3. The molecule has 0 spiro atoms. The summed E-state index contributed by atoms with van der Waals surface area (Å²) in [6.07, 6.45) is 0. The molecule has 0 saturated carbocycles. The molecule has 54 heteroatoms. The fourth-order valence-electron chi connectivity index (χ4n) is 17.9. The molecule has 0 saturated heterocycles. The van der Waals surface area contributed by atoms with Gasteiger partial charge in [0.1, 0.15) is 34.5 Å². The number of fused-ring (bicyclic) bond motifs is 13. The van der Waals surface area contributed by atoms with E-state index in [0.29, 0.717) is 12.1 Å². The molecule has 19 aromatic rings. The first-order chi connectivity index (χ1) is 66.3. The summed E-state index contributed by atoms with van der Waals surface area (Å²) in [6, 6.07) is 1.26. The van der Waals surface area contributed by atoms with E-state index < -0.39 is 485 Å². The molecule has 2 aromatic heterocycles. The second kappa shape index (κ2) is 28.6. The van der Waals surface area contributed by atoms with E-state index in [-0.39, 0.29) is 0 Å². The molecule has 2 heterocycles. The fraction of sp³-hybridized carbons (Fsp3) is 0. The lowest BCUT2D eigenvalue weighted by molar-refractivity contribution is 0.329. The Kier molecular flexibility index (Phi) is 18.2. The van der Waals surface area contributed by atoms with Crippen LogP contribution in [0.15, 0.2) is 21.0 Å². The number of phenolic OH excluding ortho intramolecular Hbond substituents is 52. The summed E-state index contributed by atoms with van der Waals surface area (Å²) in [6.45, 7) is 0. The Labute approximate surface area is 768 Å². The average molecular weight is 1980 g/mol. The SMILES string of the molecule is Oc1cc2c(O)c3oc4c(O)c(O)c(-c5c6c(O)c(O)c(O)c(O)c6c(-c6c(O)c(-c7c(O)c(O)c(O)c(O)c7O)c7c(O)c(O)c(O)c(O)c7c6O)c6c(O)c(O)c(O)c(O)c56)c(O)c4c3c(O)c2c(O)c1O.Oc1cc2c(O)c3oc4c(O)c(O)c(-c5c6c(O)c(O)c(O)c(O)c6c(-c6c(O)c(O)c(-c7c(O)c(O)c(O)c(O)c7O)c(O)c6O)c6c(O)c(O)c(O)c(O)c56)c(O)c4c3c(O)c2c(O)c1O. The Morgan fingerprint density at radius 3 is 0.486 bits per heavy atom. The largest absolute Gasteiger partial charge is 0.506 e. The van der Waals surface area contributed by atoms with Crippen LogP contribution in [0.3, 0.4) is 0 Å². The third-order valence-electron chi connectivity index (χ3n) is 24.3. The van der Waals surface area contributed by atoms with Crippen LogP contribution in [0.25, 0.3) is 186 Å². The number of hydrogen-bond acceptors (Lipinski definition) is 54. The van der Waals surface area contributed by atoms with E-state index in [1.54, 1.807) is 0 Å². The highest BCUT2D eigenvalue weighted by atomic mass is 16.4. The van der Waals surface area contributed by atoms with Gasteiger partial charge in [-0.15, -0.1) is 0 Å². The van der Waals surface area contributed by atoms with Crippen molar-refractivity contribution in [3.63, 3.8) is 0 Å². The van der Waals surface area contributed by atoms with Crippen molar-refractivity contribution in [1.82, 2.24) is 0 Å². The smallest absolute Gasteiger partial charge is 0.208 e. The standard InChI is InChI=1S/C46H28O28.C42H26O26/c47-3-1-2-4(25(54)20(3)49)21(50)17-18-24(53)14(34(63)44(73)46(18)74-45(17)19(2)48)6-9-7(26(55)35(64)37(66)28(9)57)5(8-10(6)29(58)38(67)36(65)27(8)56)13-22(51)11(16-32(61)41(70)43(72)42(71)33(16)62)12-15(23(13)52)31(60)40(69)39(68)30(12)59;43-3-1-2-4(21(48)18(3)45)19(46)15-16-20(47)11(32(59)40(67)42(16)68-41(15)17(2)44)5-7-9(24(51)35(62)33(60)22(7)49)6(10-8(5)23(50)34(61)36(63)25(10)52)12-26(53)28(55)13(29(56)27(12)54)14-30(57)37(64)39(66)38(65)31(14)58/h1,47-73H;1,43-67H. The number of hydrogen-bond donors (Lipinski definition) is 52. The first kappa shape index (κ1) is 90.3. The Morgan fingerprint density at radius 1 is 0.0915 bits per heavy atom. The number of aromatic hydroxyl groups is 52. The predicted molar refractivity (Wildman–Crippen MR) is 469 cm³/mol. The summed E-state index contributed by atoms with van der Waals surface area (Å²) in [7, 11) is 0. The van der Waals surface area contributed by atoms with Gasteiger partial charge in [-0.3, -0.25) is 0 Å². The first-order valence-corrected chi connectivity index (χ1v) is 38.3. The van der Waals surface area contributed by atoms with Gasteiger partial charge in [-0.05, 0) is 12.1 Å². The summed E-state index contributed by atoms with van der Waals surface area (Å²) in [4.78, 5) is 0. The Hall–Kier alpha value is -22.2. The zero-order valence-corrected chi connectivity index (χ0v) is 68.2. The van der Waals surface area contributed by atoms with Crippen molar-refractivity contribution in [3.8, 4) is 366 Å². The molecule has 54 nitrogen and oxygen atoms in total. The maximum Gasteiger partial charge on any atom is 0.208 e. The molecule has 0 bridgehead atoms. The van der Waals surface area contributed by atoms with E-state index >= 15 is 0 Å². The highest BCUT2D eigenvalue weighted by Crippen LogP contribution is 2.75. The minimum atomic E-state index is -1.88. The van der Waals surface area contributed by atoms with Gasteiger partial charge in [-0.25, -0.2) is 0 Å². The van der Waals surface area contributed by atoms with Gasteiger partial charge in [-0.1, -0.05) is 0 Å². The zero-order valence-electron chi connectivity index (χ0n) is 68.2. The van der Waals surface area contributed by atoms with Crippen molar-refractivity contribution in [2.75, 3.05) is 0 Å². The van der Waals surface area contributed by atoms with Gasteiger partial charge in [0.25, 0.3) is 0 Å². The van der Waals surface area contributed by atoms with E-state index in [2.05, 4.69) is 0 Å². The van der Waals surface area contributed by atoms with Gasteiger partial charge in [0.2, 0.25) is 115 Å². The van der Waals surface area contributed by atoms with Gasteiger partial charge in [-0.2, -0.15) is 0 Å². The van der Waals surface area contributed by atoms with E-state index in [1.807, 2.05) is 0 Å². The molecular formula is C88H54O54. The highest BCUT2D eigenvalue weighted by Gasteiger charge is 2.46. The molecule has 142 heavy (non-hydrogen) atoms. The molecule has 0 radical (unpaired) electrons. The zero-order chi connectivity index (χ0) is 104. The molecule has 0 aliphatic rings. The van der Waals surface area contributed by atoms with Crippen molar-refractivity contribution in [2.45, 2.75) is 0 Å². The van der Waals surface area contributed by atoms with Gasteiger partial charge in [0, 0.05) is 87.1 Å². The van der Waals surface area contributed by atoms with Crippen LogP contribution >= 0.6 is 0 Å². The normalized spacial score (nSPS) is 11.9. The molecule has 0 aliphatic carbocycles. The maximum absolute atomic E-state index is 12.4. The van der Waals surface area contributed by atoms with E-state index in [9.17, 15) is 266 Å². The molecule has 0 aliphatic heterocycles. The lowest BCUT2D eigenvalue weighted by atomic mass is 9.80. The van der Waals surface area contributed by atoms with Crippen molar-refractivity contribution in [3.05, 3.63) is 12.1 Å². The number of furan rings is 2. The lowest BCUT2D eigenvalue weighted by Crippen LogP contribution is -1.98. The number of phenols is 52. The van der Waals surface area contributed by atoms with Gasteiger partial charge < -0.3 is 274 Å². The van der Waals surface area contributed by atoms with E-state index in [1.165, 1.54) is 0 Å². The predicted octanol–water partition coefficient (Wildman–Crippen LogP) is 9.94. The van der Waals surface area contributed by atoms with Crippen LogP contribution in [0.2, 0.25) is 0 Å². The van der Waals surface area contributed by atoms with Crippen LogP contribution < -0.4 is 0 Å². The second-order valence-corrected chi connectivity index (χ2v) is 31.3. The van der Waals surface area contributed by atoms with Crippen LogP contribution in [0, 0.1) is 0 Å². The van der Waals surface area contributed by atoms with Crippen LogP contribution in [0.5, 0.6) is 299 Å². The van der Waals surface area contributed by atoms with E-state index in [0.717, 1.165) is 0 Å². The number of rotatable bonds is 6. The Bertz CT molecular complexity index is 9100. The van der Waals surface area contributed by atoms with Crippen molar-refractivity contribution < 1.29 is 274 Å². The summed E-state index contributed by atoms with van der Waals surface area (Å²) in [5.41, 5.74) is -21.7. The second-order valence-electron chi connectivity index (χ2n) is 31.3. The quantitative estimate of drug-likeness (QED) is 0.0418. The van der Waals surface area contributed by atoms with Gasteiger partial charge >= 0.3 is 0 Å². The van der Waals surface area contributed by atoms with Crippen molar-refractivity contribution >= 4 is 119 Å². The highest BCUT2D eigenvalue weighted by molar-refractivity contribution is 6.36. The molecular weight excluding hydrogens is 1920 g/mol. The molecule has 19 rings (SSSR count). The first-order valence-electron chi connectivity index (χ1n) is 38.3. The lowest BCUT2D eigenvalue weighted by Gasteiger charge is -2.25. The maximum atomic E-state index is 12.4. The van der Waals surface area contributed by atoms with Crippen LogP contribution in [-0.4, -0.2) is 266 Å². The average Bonchev–Trinajstić information content (AvgIpc) is 0.811. The van der Waals surface area contributed by atoms with Crippen LogP contribution in [0.4, 0.5) is 0 Å². The van der Waals surface area contributed by atoms with E-state index in [4.69, 9.17) is 8.83 Å². The Balaban J connectivity index is 0.000000188. The molecule has 0 amide bonds. The van der Waals surface area contributed by atoms with Crippen molar-refractivity contribution in [2.24, 2.45) is 0 Å². The molecule has 0 atom stereocenters. The summed E-state index contributed by atoms with van der Waals surface area (Å²) in [5, 5.41) is 560. The minimum Gasteiger partial charge on any atom is -0.506 e. The topological polar surface area (TPSA) is 1080 Å². The molecule has 730 valence electrons. The molecule has 0 fully saturated rings. The van der Waals surface area contributed by atoms with Gasteiger partial charge in [0.05, 0.1) is 76.6 Å². The monoisotopic (exact) mass is 1970 g/mol. The molecule has 52 N–H and O–H groups in total. The van der Waals surface area contributed by atoms with Crippen LogP contribution in [-0.2, 0) is 0 Å². The van der Waals surface area contributed by atoms with Gasteiger partial charge in [0.15, 0.2) is 172 Å². The summed E-state index contributed by atoms with van der Waals surface area (Å²) in [5.74, 6) is -84.3. The third kappa shape index (κ3) is 10.6. The van der Waals surface area contributed by atoms with Crippen molar-refractivity contribution in [1.29, 1.82) is 0 Å². The Morgan fingerprint density at radius 2 is 0.239 bits per heavy atom. The molecule has 0 unspecified atom stereocenters. The number of benzene rings is 17. The van der Waals surface area contributed by atoms with Crippen LogP contribution in [0.1, 0.15) is 0 Å². The summed E-state index contributed by atoms with van der Waals surface area (Å²) >= 11 is 0.